The van der Waals surface area contributed by atoms with Gasteiger partial charge in [0.1, 0.15) is 11.5 Å². The number of hydrogen-bond donors (Lipinski definition) is 0. The molecule has 0 unspecified atom stereocenters. The van der Waals surface area contributed by atoms with Crippen LogP contribution < -0.4 is 14.4 Å². The highest BCUT2D eigenvalue weighted by atomic mass is 16.5. The smallest absolute Gasteiger partial charge is 0.316 e. The molecule has 1 amide bonds. The van der Waals surface area contributed by atoms with Crippen molar-refractivity contribution in [2.75, 3.05) is 18.6 Å². The number of ether oxygens (including phenoxy) is 2. The molecule has 3 rings (SSSR count). The number of carbonyl (C=O) groups excluding carboxylic acids is 2. The minimum Gasteiger partial charge on any atom is -0.497 e. The van der Waals surface area contributed by atoms with Gasteiger partial charge in [-0.3, -0.25) is 9.59 Å². The fourth-order valence-electron chi connectivity index (χ4n) is 3.49. The number of amides is 1. The maximum Gasteiger partial charge on any atom is 0.316 e. The van der Waals surface area contributed by atoms with Crippen molar-refractivity contribution in [3.05, 3.63) is 53.6 Å². The number of para-hydroxylation sites is 1. The molecule has 1 atom stereocenters. The Bertz CT molecular complexity index is 806. The van der Waals surface area contributed by atoms with Gasteiger partial charge in [-0.1, -0.05) is 32.0 Å². The second-order valence-electron chi connectivity index (χ2n) is 6.63. The van der Waals surface area contributed by atoms with E-state index in [2.05, 4.69) is 13.8 Å². The monoisotopic (exact) mass is 367 g/mol. The molecule has 0 radical (unpaired) electrons. The van der Waals surface area contributed by atoms with Gasteiger partial charge in [-0.05, 0) is 48.2 Å². The Kier molecular flexibility index (Phi) is 5.79. The molecule has 5 heteroatoms. The van der Waals surface area contributed by atoms with Crippen molar-refractivity contribution in [2.24, 2.45) is 5.92 Å². The van der Waals surface area contributed by atoms with Crippen LogP contribution in [0.5, 0.6) is 11.5 Å². The summed E-state index contributed by atoms with van der Waals surface area (Å²) in [5.74, 6) is 0.287. The summed E-state index contributed by atoms with van der Waals surface area (Å²) in [6.07, 6.45) is 1.86. The lowest BCUT2D eigenvalue weighted by Crippen LogP contribution is -2.29. The van der Waals surface area contributed by atoms with Crippen LogP contribution in [-0.2, 0) is 22.4 Å². The van der Waals surface area contributed by atoms with Crippen molar-refractivity contribution < 1.29 is 19.1 Å². The van der Waals surface area contributed by atoms with E-state index in [9.17, 15) is 9.59 Å². The molecule has 142 valence electrons. The molecule has 1 saturated heterocycles. The van der Waals surface area contributed by atoms with Gasteiger partial charge in [0.15, 0.2) is 0 Å². The van der Waals surface area contributed by atoms with Crippen LogP contribution in [0.4, 0.5) is 5.69 Å². The van der Waals surface area contributed by atoms with E-state index in [0.717, 1.165) is 29.7 Å². The molecule has 2 aromatic rings. The van der Waals surface area contributed by atoms with Gasteiger partial charge in [-0.2, -0.15) is 0 Å². The van der Waals surface area contributed by atoms with Gasteiger partial charge in [0, 0.05) is 18.7 Å². The highest BCUT2D eigenvalue weighted by molar-refractivity contribution is 6.00. The molecule has 0 saturated carbocycles. The lowest BCUT2D eigenvalue weighted by atomic mass is 10.0. The van der Waals surface area contributed by atoms with E-state index in [1.165, 1.54) is 0 Å². The zero-order chi connectivity index (χ0) is 19.4. The van der Waals surface area contributed by atoms with Gasteiger partial charge in [-0.25, -0.2) is 0 Å². The standard InChI is InChI=1S/C22H25NO4/c1-4-15-7-6-8-16(5-2)21(15)23-14-17(13-20(23)24)22(25)27-19-11-9-18(26-3)10-12-19/h6-12,17H,4-5,13-14H2,1-3H3/t17-/m0/s1. The minimum atomic E-state index is -0.464. The van der Waals surface area contributed by atoms with Crippen molar-refractivity contribution in [1.29, 1.82) is 0 Å². The maximum atomic E-state index is 12.7. The number of nitrogens with zero attached hydrogens (tertiary/aromatic N) is 1. The summed E-state index contributed by atoms with van der Waals surface area (Å²) in [4.78, 5) is 27.0. The zero-order valence-corrected chi connectivity index (χ0v) is 16.0. The van der Waals surface area contributed by atoms with Crippen LogP contribution in [0, 0.1) is 5.92 Å². The molecule has 1 heterocycles. The van der Waals surface area contributed by atoms with Crippen molar-refractivity contribution in [3.63, 3.8) is 0 Å². The van der Waals surface area contributed by atoms with E-state index in [1.807, 2.05) is 18.2 Å². The number of rotatable bonds is 6. The molecule has 0 bridgehead atoms. The first kappa shape index (κ1) is 19.0. The Labute approximate surface area is 159 Å². The quantitative estimate of drug-likeness (QED) is 0.576. The molecular formula is C22H25NO4. The van der Waals surface area contributed by atoms with E-state index < -0.39 is 5.92 Å². The first-order valence-corrected chi connectivity index (χ1v) is 9.34. The molecule has 0 aromatic heterocycles. The molecule has 2 aromatic carbocycles. The number of carbonyl (C=O) groups is 2. The Morgan fingerprint density at radius 1 is 1.04 bits per heavy atom. The molecule has 0 N–H and O–H groups in total. The number of methoxy groups -OCH3 is 1. The molecule has 1 aliphatic heterocycles. The normalized spacial score (nSPS) is 16.5. The zero-order valence-electron chi connectivity index (χ0n) is 16.0. The number of hydrogen-bond acceptors (Lipinski definition) is 4. The topological polar surface area (TPSA) is 55.8 Å². The van der Waals surface area contributed by atoms with Crippen molar-refractivity contribution >= 4 is 17.6 Å². The van der Waals surface area contributed by atoms with Crippen LogP contribution in [0.2, 0.25) is 0 Å². The summed E-state index contributed by atoms with van der Waals surface area (Å²) < 4.78 is 10.6. The van der Waals surface area contributed by atoms with Crippen molar-refractivity contribution in [3.8, 4) is 11.5 Å². The Morgan fingerprint density at radius 3 is 2.19 bits per heavy atom. The van der Waals surface area contributed by atoms with Crippen LogP contribution in [-0.4, -0.2) is 25.5 Å². The van der Waals surface area contributed by atoms with Crippen LogP contribution in [0.15, 0.2) is 42.5 Å². The number of benzene rings is 2. The van der Waals surface area contributed by atoms with E-state index in [1.54, 1.807) is 36.3 Å². The van der Waals surface area contributed by atoms with Crippen LogP contribution in [0.25, 0.3) is 0 Å². The molecule has 27 heavy (non-hydrogen) atoms. The fourth-order valence-corrected chi connectivity index (χ4v) is 3.49. The molecule has 5 nitrogen and oxygen atoms in total. The lowest BCUT2D eigenvalue weighted by Gasteiger charge is -2.23. The van der Waals surface area contributed by atoms with Gasteiger partial charge in [-0.15, -0.1) is 0 Å². The first-order chi connectivity index (χ1) is 13.1. The Hall–Kier alpha value is -2.82. The Morgan fingerprint density at radius 2 is 1.63 bits per heavy atom. The largest absolute Gasteiger partial charge is 0.497 e. The predicted octanol–water partition coefficient (Wildman–Crippen LogP) is 3.78. The molecule has 0 spiro atoms. The summed E-state index contributed by atoms with van der Waals surface area (Å²) in [6.45, 7) is 4.51. The van der Waals surface area contributed by atoms with E-state index in [0.29, 0.717) is 18.0 Å². The third kappa shape index (κ3) is 3.97. The van der Waals surface area contributed by atoms with Gasteiger partial charge in [0.2, 0.25) is 5.91 Å². The Balaban J connectivity index is 1.76. The van der Waals surface area contributed by atoms with E-state index >= 15 is 0 Å². The molecular weight excluding hydrogens is 342 g/mol. The number of esters is 1. The van der Waals surface area contributed by atoms with Gasteiger partial charge in [0.25, 0.3) is 0 Å². The predicted molar refractivity (Wildman–Crippen MR) is 104 cm³/mol. The van der Waals surface area contributed by atoms with Crippen molar-refractivity contribution in [2.45, 2.75) is 33.1 Å². The molecule has 0 aliphatic carbocycles. The van der Waals surface area contributed by atoms with Gasteiger partial charge < -0.3 is 14.4 Å². The maximum absolute atomic E-state index is 12.7. The van der Waals surface area contributed by atoms with Crippen LogP contribution >= 0.6 is 0 Å². The average Bonchev–Trinajstić information content (AvgIpc) is 3.09. The first-order valence-electron chi connectivity index (χ1n) is 9.34. The summed E-state index contributed by atoms with van der Waals surface area (Å²) >= 11 is 0. The molecule has 1 fully saturated rings. The highest BCUT2D eigenvalue weighted by Crippen LogP contribution is 2.33. The second-order valence-corrected chi connectivity index (χ2v) is 6.63. The van der Waals surface area contributed by atoms with Gasteiger partial charge in [0.05, 0.1) is 13.0 Å². The van der Waals surface area contributed by atoms with E-state index in [-0.39, 0.29) is 18.3 Å². The van der Waals surface area contributed by atoms with Crippen LogP contribution in [0.3, 0.4) is 0 Å². The SMILES string of the molecule is CCc1cccc(CC)c1N1C[C@@H](C(=O)Oc2ccc(OC)cc2)CC1=O. The van der Waals surface area contributed by atoms with Gasteiger partial charge >= 0.3 is 5.97 Å². The number of anilines is 1. The van der Waals surface area contributed by atoms with E-state index in [4.69, 9.17) is 9.47 Å². The highest BCUT2D eigenvalue weighted by Gasteiger charge is 2.37. The average molecular weight is 367 g/mol. The summed E-state index contributed by atoms with van der Waals surface area (Å²) in [5, 5.41) is 0. The van der Waals surface area contributed by atoms with Crippen LogP contribution in [0.1, 0.15) is 31.4 Å². The third-order valence-electron chi connectivity index (χ3n) is 4.97. The third-order valence-corrected chi connectivity index (χ3v) is 4.97. The molecule has 1 aliphatic rings. The summed E-state index contributed by atoms with van der Waals surface area (Å²) in [6, 6.07) is 13.0. The minimum absolute atomic E-state index is 0.0257. The summed E-state index contributed by atoms with van der Waals surface area (Å²) in [5.41, 5.74) is 3.23. The fraction of sp³-hybridized carbons (Fsp3) is 0.364. The van der Waals surface area contributed by atoms with Crippen molar-refractivity contribution in [1.82, 2.24) is 0 Å². The number of aryl methyl sites for hydroxylation is 2. The lowest BCUT2D eigenvalue weighted by molar-refractivity contribution is -0.139. The second kappa shape index (κ2) is 8.25. The summed E-state index contributed by atoms with van der Waals surface area (Å²) in [7, 11) is 1.58.